The van der Waals surface area contributed by atoms with Gasteiger partial charge in [0.2, 0.25) is 5.95 Å². The fourth-order valence-electron chi connectivity index (χ4n) is 2.25. The number of aromatic carboxylic acids is 1. The first kappa shape index (κ1) is 15.0. The number of rotatable bonds is 2. The molecule has 0 aliphatic heterocycles. The van der Waals surface area contributed by atoms with Gasteiger partial charge in [0.25, 0.3) is 0 Å². The smallest absolute Gasteiger partial charge is 0.417 e. The van der Waals surface area contributed by atoms with Crippen LogP contribution in [0.2, 0.25) is 0 Å². The van der Waals surface area contributed by atoms with E-state index in [9.17, 15) is 22.4 Å². The third kappa shape index (κ3) is 2.63. The lowest BCUT2D eigenvalue weighted by molar-refractivity contribution is -0.137. The predicted molar refractivity (Wildman–Crippen MR) is 73.0 cm³/mol. The van der Waals surface area contributed by atoms with E-state index < -0.39 is 23.7 Å². The summed E-state index contributed by atoms with van der Waals surface area (Å²) in [6, 6.07) is 6.19. The summed E-state index contributed by atoms with van der Waals surface area (Å²) in [5, 5.41) is 9.40. The molecule has 8 heteroatoms. The van der Waals surface area contributed by atoms with Gasteiger partial charge in [0, 0.05) is 17.8 Å². The number of halogens is 4. The Labute approximate surface area is 126 Å². The summed E-state index contributed by atoms with van der Waals surface area (Å²) in [4.78, 5) is 14.1. The summed E-state index contributed by atoms with van der Waals surface area (Å²) in [5.41, 5.74) is -1.04. The van der Waals surface area contributed by atoms with Gasteiger partial charge in [0.05, 0.1) is 16.6 Å². The fourth-order valence-corrected chi connectivity index (χ4v) is 2.25. The lowest BCUT2D eigenvalue weighted by Gasteiger charge is -2.11. The number of aromatic nitrogens is 2. The zero-order valence-corrected chi connectivity index (χ0v) is 11.3. The fraction of sp³-hybridized carbons (Fsp3) is 0.0667. The minimum absolute atomic E-state index is 0.0258. The Morgan fingerprint density at radius 1 is 1.17 bits per heavy atom. The van der Waals surface area contributed by atoms with E-state index in [0.29, 0.717) is 23.2 Å². The van der Waals surface area contributed by atoms with Gasteiger partial charge in [0.1, 0.15) is 5.69 Å². The normalized spacial score (nSPS) is 11.8. The predicted octanol–water partition coefficient (Wildman–Crippen LogP) is 3.88. The number of benzene rings is 1. The average Bonchev–Trinajstić information content (AvgIpc) is 2.89. The highest BCUT2D eigenvalue weighted by Crippen LogP contribution is 2.31. The van der Waals surface area contributed by atoms with Gasteiger partial charge in [0.15, 0.2) is 0 Å². The van der Waals surface area contributed by atoms with E-state index in [0.717, 1.165) is 0 Å². The Hall–Kier alpha value is -2.90. The molecule has 0 radical (unpaired) electrons. The topological polar surface area (TPSA) is 55.1 Å². The highest BCUT2D eigenvalue weighted by atomic mass is 19.4. The van der Waals surface area contributed by atoms with Crippen molar-refractivity contribution in [3.63, 3.8) is 0 Å². The zero-order valence-electron chi connectivity index (χ0n) is 11.3. The van der Waals surface area contributed by atoms with E-state index >= 15 is 0 Å². The Balaban J connectivity index is 2.19. The third-order valence-corrected chi connectivity index (χ3v) is 3.34. The van der Waals surface area contributed by atoms with Crippen LogP contribution < -0.4 is 0 Å². The average molecular weight is 324 g/mol. The van der Waals surface area contributed by atoms with Crippen molar-refractivity contribution in [3.05, 3.63) is 59.8 Å². The van der Waals surface area contributed by atoms with Crippen LogP contribution in [-0.4, -0.2) is 20.6 Å². The van der Waals surface area contributed by atoms with Gasteiger partial charge in [-0.1, -0.05) is 0 Å². The van der Waals surface area contributed by atoms with Crippen molar-refractivity contribution in [2.24, 2.45) is 0 Å². The second-order valence-electron chi connectivity index (χ2n) is 4.80. The number of pyridine rings is 1. The molecule has 0 aliphatic rings. The summed E-state index contributed by atoms with van der Waals surface area (Å²) in [6.45, 7) is 0. The minimum Gasteiger partial charge on any atom is -0.478 e. The lowest BCUT2D eigenvalue weighted by Crippen LogP contribution is -2.09. The summed E-state index contributed by atoms with van der Waals surface area (Å²) in [6.07, 6.45) is -2.86. The molecule has 23 heavy (non-hydrogen) atoms. The van der Waals surface area contributed by atoms with Crippen molar-refractivity contribution in [1.29, 1.82) is 0 Å². The molecule has 118 valence electrons. The first-order valence-electron chi connectivity index (χ1n) is 6.35. The molecule has 4 nitrogen and oxygen atoms in total. The molecule has 1 N–H and O–H groups in total. The molecule has 3 aromatic rings. The summed E-state index contributed by atoms with van der Waals surface area (Å²) < 4.78 is 53.3. The van der Waals surface area contributed by atoms with Gasteiger partial charge in [-0.05, 0) is 30.3 Å². The van der Waals surface area contributed by atoms with Crippen LogP contribution in [0.1, 0.15) is 15.9 Å². The molecule has 0 bridgehead atoms. The zero-order chi connectivity index (χ0) is 16.8. The number of carboxylic acids is 1. The molecule has 0 spiro atoms. The second kappa shape index (κ2) is 5.08. The van der Waals surface area contributed by atoms with E-state index in [2.05, 4.69) is 4.98 Å². The summed E-state index contributed by atoms with van der Waals surface area (Å²) in [7, 11) is 0. The number of fused-ring (bicyclic) bond motifs is 1. The molecule has 0 amide bonds. The van der Waals surface area contributed by atoms with Crippen LogP contribution in [0.3, 0.4) is 0 Å². The maximum absolute atomic E-state index is 13.9. The molecular weight excluding hydrogens is 316 g/mol. The van der Waals surface area contributed by atoms with Gasteiger partial charge in [-0.3, -0.25) is 0 Å². The monoisotopic (exact) mass is 324 g/mol. The Morgan fingerprint density at radius 2 is 1.91 bits per heavy atom. The number of hydrogen-bond acceptors (Lipinski definition) is 2. The van der Waals surface area contributed by atoms with E-state index in [4.69, 9.17) is 5.11 Å². The Bertz CT molecular complexity index is 915. The molecule has 0 saturated heterocycles. The highest BCUT2D eigenvalue weighted by molar-refractivity contribution is 5.94. The van der Waals surface area contributed by atoms with Crippen LogP contribution in [-0.2, 0) is 6.18 Å². The van der Waals surface area contributed by atoms with Crippen LogP contribution in [0.25, 0.3) is 16.6 Å². The van der Waals surface area contributed by atoms with Crippen LogP contribution in [0.4, 0.5) is 17.6 Å². The summed E-state index contributed by atoms with van der Waals surface area (Å²) in [5.74, 6) is -2.19. The molecule has 1 aromatic carbocycles. The van der Waals surface area contributed by atoms with Gasteiger partial charge in [-0.25, -0.2) is 9.78 Å². The van der Waals surface area contributed by atoms with Gasteiger partial charge in [-0.15, -0.1) is 0 Å². The number of alkyl halides is 3. The summed E-state index contributed by atoms with van der Waals surface area (Å²) >= 11 is 0. The van der Waals surface area contributed by atoms with E-state index in [-0.39, 0.29) is 11.3 Å². The van der Waals surface area contributed by atoms with Crippen molar-refractivity contribution in [2.45, 2.75) is 6.18 Å². The third-order valence-electron chi connectivity index (χ3n) is 3.34. The maximum atomic E-state index is 13.9. The molecule has 0 unspecified atom stereocenters. The molecule has 2 heterocycles. The van der Waals surface area contributed by atoms with Crippen molar-refractivity contribution in [1.82, 2.24) is 9.55 Å². The maximum Gasteiger partial charge on any atom is 0.417 e. The Morgan fingerprint density at radius 3 is 2.57 bits per heavy atom. The number of carbonyl (C=O) groups is 1. The largest absolute Gasteiger partial charge is 0.478 e. The van der Waals surface area contributed by atoms with Gasteiger partial charge < -0.3 is 9.67 Å². The molecule has 0 saturated carbocycles. The minimum atomic E-state index is -4.64. The van der Waals surface area contributed by atoms with Crippen molar-refractivity contribution >= 4 is 16.9 Å². The van der Waals surface area contributed by atoms with Crippen LogP contribution in [0.15, 0.2) is 42.7 Å². The number of hydrogen-bond donors (Lipinski definition) is 1. The van der Waals surface area contributed by atoms with Crippen LogP contribution >= 0.6 is 0 Å². The first-order valence-corrected chi connectivity index (χ1v) is 6.35. The van der Waals surface area contributed by atoms with Crippen LogP contribution in [0, 0.1) is 5.95 Å². The number of carboxylic acid groups (broad SMARTS) is 1. The van der Waals surface area contributed by atoms with Crippen molar-refractivity contribution in [2.75, 3.05) is 0 Å². The standard InChI is InChI=1S/C15H8F4N2O2/c16-13-12(6-10(7-20-13)15(17,18)19)21-4-3-8-5-9(14(22)23)1-2-11(8)21/h1-7H,(H,22,23). The SMILES string of the molecule is O=C(O)c1ccc2c(ccn2-c2cc(C(F)(F)F)cnc2F)c1. The number of nitrogens with zero attached hydrogens (tertiary/aromatic N) is 2. The first-order chi connectivity index (χ1) is 10.8. The van der Waals surface area contributed by atoms with Gasteiger partial charge in [-0.2, -0.15) is 17.6 Å². The van der Waals surface area contributed by atoms with Crippen molar-refractivity contribution < 1.29 is 27.5 Å². The van der Waals surface area contributed by atoms with Gasteiger partial charge >= 0.3 is 12.1 Å². The van der Waals surface area contributed by atoms with Crippen molar-refractivity contribution in [3.8, 4) is 5.69 Å². The van der Waals surface area contributed by atoms with E-state index in [1.54, 1.807) is 0 Å². The molecular formula is C15H8F4N2O2. The lowest BCUT2D eigenvalue weighted by atomic mass is 10.1. The quantitative estimate of drug-likeness (QED) is 0.575. The highest BCUT2D eigenvalue weighted by Gasteiger charge is 2.32. The van der Waals surface area contributed by atoms with Crippen LogP contribution in [0.5, 0.6) is 0 Å². The van der Waals surface area contributed by atoms with E-state index in [1.165, 1.54) is 35.0 Å². The van der Waals surface area contributed by atoms with E-state index in [1.807, 2.05) is 0 Å². The molecule has 0 aliphatic carbocycles. The molecule has 3 rings (SSSR count). The Kier molecular flexibility index (Phi) is 3.32. The molecule has 0 atom stereocenters. The second-order valence-corrected chi connectivity index (χ2v) is 4.80. The molecule has 0 fully saturated rings. The molecule has 2 aromatic heterocycles.